The summed E-state index contributed by atoms with van der Waals surface area (Å²) >= 11 is 0. The van der Waals surface area contributed by atoms with E-state index in [1.165, 1.54) is 6.07 Å². The fourth-order valence-electron chi connectivity index (χ4n) is 2.37. The van der Waals surface area contributed by atoms with E-state index in [9.17, 15) is 4.39 Å². The highest BCUT2D eigenvalue weighted by atomic mass is 19.1. The third-order valence-electron chi connectivity index (χ3n) is 3.67. The average Bonchev–Trinajstić information content (AvgIpc) is 3.05. The molecule has 0 aliphatic rings. The van der Waals surface area contributed by atoms with Crippen LogP contribution in [-0.2, 0) is 18.0 Å². The first kappa shape index (κ1) is 15.4. The Morgan fingerprint density at radius 2 is 1.78 bits per heavy atom. The van der Waals surface area contributed by atoms with Crippen molar-refractivity contribution in [3.05, 3.63) is 83.4 Å². The molecule has 3 aromatic rings. The highest BCUT2D eigenvalue weighted by Gasteiger charge is 2.14. The van der Waals surface area contributed by atoms with E-state index in [4.69, 9.17) is 4.74 Å². The third-order valence-corrected chi connectivity index (χ3v) is 3.67. The SMILES string of the molecule is CC(c1ccccc1F)n1cc(COCc2ccccc2)nn1. The van der Waals surface area contributed by atoms with Crippen molar-refractivity contribution in [2.45, 2.75) is 26.2 Å². The van der Waals surface area contributed by atoms with Gasteiger partial charge < -0.3 is 4.74 Å². The number of aromatic nitrogens is 3. The van der Waals surface area contributed by atoms with Crippen LogP contribution < -0.4 is 0 Å². The van der Waals surface area contributed by atoms with Gasteiger partial charge in [-0.1, -0.05) is 53.7 Å². The van der Waals surface area contributed by atoms with Crippen molar-refractivity contribution in [3.63, 3.8) is 0 Å². The highest BCUT2D eigenvalue weighted by Crippen LogP contribution is 2.20. The molecule has 0 fully saturated rings. The van der Waals surface area contributed by atoms with Crippen LogP contribution in [0, 0.1) is 5.82 Å². The molecule has 0 saturated carbocycles. The second-order valence-corrected chi connectivity index (χ2v) is 5.37. The van der Waals surface area contributed by atoms with E-state index in [2.05, 4.69) is 10.3 Å². The first-order valence-corrected chi connectivity index (χ1v) is 7.51. The minimum atomic E-state index is -0.239. The molecule has 1 unspecified atom stereocenters. The lowest BCUT2D eigenvalue weighted by Gasteiger charge is -2.12. The quantitative estimate of drug-likeness (QED) is 0.696. The average molecular weight is 311 g/mol. The first-order chi connectivity index (χ1) is 11.2. The zero-order valence-corrected chi connectivity index (χ0v) is 12.9. The Balaban J connectivity index is 1.61. The van der Waals surface area contributed by atoms with Gasteiger partial charge in [-0.25, -0.2) is 9.07 Å². The highest BCUT2D eigenvalue weighted by molar-refractivity contribution is 5.21. The summed E-state index contributed by atoms with van der Waals surface area (Å²) in [7, 11) is 0. The van der Waals surface area contributed by atoms with Crippen LogP contribution in [0.4, 0.5) is 4.39 Å². The van der Waals surface area contributed by atoms with Crippen molar-refractivity contribution in [2.75, 3.05) is 0 Å². The molecule has 3 rings (SSSR count). The molecule has 0 saturated heterocycles. The van der Waals surface area contributed by atoms with Gasteiger partial charge in [-0.05, 0) is 18.6 Å². The Morgan fingerprint density at radius 1 is 1.04 bits per heavy atom. The van der Waals surface area contributed by atoms with E-state index in [0.29, 0.717) is 18.8 Å². The number of rotatable bonds is 6. The van der Waals surface area contributed by atoms with E-state index >= 15 is 0 Å². The van der Waals surface area contributed by atoms with Gasteiger partial charge in [0.2, 0.25) is 0 Å². The molecular formula is C18H18FN3O. The lowest BCUT2D eigenvalue weighted by Crippen LogP contribution is -2.09. The van der Waals surface area contributed by atoms with Crippen LogP contribution in [0.1, 0.15) is 29.8 Å². The molecule has 1 aromatic heterocycles. The molecule has 118 valence electrons. The molecule has 0 aliphatic heterocycles. The summed E-state index contributed by atoms with van der Waals surface area (Å²) in [5.74, 6) is -0.239. The molecule has 5 heteroatoms. The van der Waals surface area contributed by atoms with E-state index in [1.807, 2.05) is 43.3 Å². The molecule has 0 radical (unpaired) electrons. The maximum Gasteiger partial charge on any atom is 0.128 e. The summed E-state index contributed by atoms with van der Waals surface area (Å²) in [6.45, 7) is 2.79. The summed E-state index contributed by atoms with van der Waals surface area (Å²) in [4.78, 5) is 0. The second-order valence-electron chi connectivity index (χ2n) is 5.37. The standard InChI is InChI=1S/C18H18FN3O/c1-14(17-9-5-6-10-18(17)19)22-11-16(20-21-22)13-23-12-15-7-3-2-4-8-15/h2-11,14H,12-13H2,1H3. The summed E-state index contributed by atoms with van der Waals surface area (Å²) in [5.41, 5.74) is 2.43. The summed E-state index contributed by atoms with van der Waals surface area (Å²) in [6, 6.07) is 16.4. The molecule has 2 aromatic carbocycles. The molecule has 0 N–H and O–H groups in total. The van der Waals surface area contributed by atoms with Crippen LogP contribution in [-0.4, -0.2) is 15.0 Å². The van der Waals surface area contributed by atoms with Gasteiger partial charge in [0.15, 0.2) is 0 Å². The van der Waals surface area contributed by atoms with E-state index in [-0.39, 0.29) is 11.9 Å². The summed E-state index contributed by atoms with van der Waals surface area (Å²) < 4.78 is 21.1. The normalized spacial score (nSPS) is 12.3. The smallest absolute Gasteiger partial charge is 0.128 e. The van der Waals surface area contributed by atoms with Crippen molar-refractivity contribution in [3.8, 4) is 0 Å². The molecular weight excluding hydrogens is 293 g/mol. The molecule has 0 bridgehead atoms. The minimum Gasteiger partial charge on any atom is -0.370 e. The Morgan fingerprint density at radius 3 is 2.57 bits per heavy atom. The number of hydrogen-bond donors (Lipinski definition) is 0. The fourth-order valence-corrected chi connectivity index (χ4v) is 2.37. The zero-order valence-electron chi connectivity index (χ0n) is 12.9. The topological polar surface area (TPSA) is 39.9 Å². The number of nitrogens with zero attached hydrogens (tertiary/aromatic N) is 3. The fraction of sp³-hybridized carbons (Fsp3) is 0.222. The van der Waals surface area contributed by atoms with Crippen molar-refractivity contribution < 1.29 is 9.13 Å². The third kappa shape index (κ3) is 3.81. The van der Waals surface area contributed by atoms with Gasteiger partial charge >= 0.3 is 0 Å². The van der Waals surface area contributed by atoms with Crippen LogP contribution >= 0.6 is 0 Å². The van der Waals surface area contributed by atoms with Gasteiger partial charge in [-0.2, -0.15) is 0 Å². The molecule has 0 amide bonds. The van der Waals surface area contributed by atoms with Crippen LogP contribution in [0.25, 0.3) is 0 Å². The van der Waals surface area contributed by atoms with Crippen LogP contribution in [0.15, 0.2) is 60.8 Å². The lowest BCUT2D eigenvalue weighted by molar-refractivity contribution is 0.104. The van der Waals surface area contributed by atoms with Crippen molar-refractivity contribution in [1.82, 2.24) is 15.0 Å². The Hall–Kier alpha value is -2.53. The number of benzene rings is 2. The van der Waals surface area contributed by atoms with Gasteiger partial charge in [0, 0.05) is 5.56 Å². The van der Waals surface area contributed by atoms with Crippen molar-refractivity contribution >= 4 is 0 Å². The monoisotopic (exact) mass is 311 g/mol. The Labute approximate surface area is 134 Å². The van der Waals surface area contributed by atoms with Crippen LogP contribution in [0.2, 0.25) is 0 Å². The van der Waals surface area contributed by atoms with E-state index < -0.39 is 0 Å². The second kappa shape index (κ2) is 7.15. The van der Waals surface area contributed by atoms with Gasteiger partial charge in [0.1, 0.15) is 11.5 Å². The molecule has 23 heavy (non-hydrogen) atoms. The molecule has 1 heterocycles. The van der Waals surface area contributed by atoms with Crippen LogP contribution in [0.3, 0.4) is 0 Å². The largest absolute Gasteiger partial charge is 0.370 e. The molecule has 0 aliphatic carbocycles. The molecule has 1 atom stereocenters. The van der Waals surface area contributed by atoms with E-state index in [0.717, 1.165) is 11.3 Å². The van der Waals surface area contributed by atoms with Gasteiger partial charge in [0.05, 0.1) is 25.5 Å². The first-order valence-electron chi connectivity index (χ1n) is 7.51. The van der Waals surface area contributed by atoms with E-state index in [1.54, 1.807) is 23.0 Å². The predicted octanol–water partition coefficient (Wildman–Crippen LogP) is 3.74. The van der Waals surface area contributed by atoms with Crippen LogP contribution in [0.5, 0.6) is 0 Å². The number of hydrogen-bond acceptors (Lipinski definition) is 3. The summed E-state index contributed by atoms with van der Waals surface area (Å²) in [6.07, 6.45) is 1.79. The maximum absolute atomic E-state index is 13.8. The Bertz CT molecular complexity index is 758. The van der Waals surface area contributed by atoms with Gasteiger partial charge in [-0.15, -0.1) is 5.10 Å². The molecule has 0 spiro atoms. The zero-order chi connectivity index (χ0) is 16.1. The van der Waals surface area contributed by atoms with Crippen molar-refractivity contribution in [2.24, 2.45) is 0 Å². The summed E-state index contributed by atoms with van der Waals surface area (Å²) in [5, 5.41) is 8.17. The van der Waals surface area contributed by atoms with Crippen molar-refractivity contribution in [1.29, 1.82) is 0 Å². The lowest BCUT2D eigenvalue weighted by atomic mass is 10.1. The predicted molar refractivity (Wildman–Crippen MR) is 85.2 cm³/mol. The molecule has 4 nitrogen and oxygen atoms in total. The number of halogens is 1. The maximum atomic E-state index is 13.8. The van der Waals surface area contributed by atoms with Gasteiger partial charge in [-0.3, -0.25) is 0 Å². The number of ether oxygens (including phenoxy) is 1. The Kier molecular flexibility index (Phi) is 4.78. The van der Waals surface area contributed by atoms with Gasteiger partial charge in [0.25, 0.3) is 0 Å². The minimum absolute atomic E-state index is 0.216.